The van der Waals surface area contributed by atoms with E-state index in [4.69, 9.17) is 14.3 Å². The number of hydrogen-bond acceptors (Lipinski definition) is 6. The Bertz CT molecular complexity index is 977. The Morgan fingerprint density at radius 3 is 2.58 bits per heavy atom. The number of benzene rings is 2. The van der Waals surface area contributed by atoms with Gasteiger partial charge in [0.1, 0.15) is 5.52 Å². The third-order valence-electron chi connectivity index (χ3n) is 3.63. The Balaban J connectivity index is 1.66. The van der Waals surface area contributed by atoms with E-state index in [9.17, 15) is 14.4 Å². The minimum Gasteiger partial charge on any atom is -0.478 e. The number of carboxylic acid groups (broad SMARTS) is 1. The first-order valence-electron chi connectivity index (χ1n) is 7.63. The highest BCUT2D eigenvalue weighted by atomic mass is 16.5. The topological polar surface area (TPSA) is 119 Å². The highest BCUT2D eigenvalue weighted by Gasteiger charge is 2.21. The lowest BCUT2D eigenvalue weighted by molar-refractivity contribution is -0.123. The van der Waals surface area contributed by atoms with E-state index in [0.717, 1.165) is 0 Å². The maximum Gasteiger partial charge on any atom is 0.341 e. The van der Waals surface area contributed by atoms with E-state index in [2.05, 4.69) is 10.3 Å². The van der Waals surface area contributed by atoms with Gasteiger partial charge < -0.3 is 19.6 Å². The molecule has 1 amide bonds. The molecule has 0 fully saturated rings. The van der Waals surface area contributed by atoms with Crippen molar-refractivity contribution in [3.8, 4) is 0 Å². The van der Waals surface area contributed by atoms with Crippen LogP contribution in [0, 0.1) is 0 Å². The second-order valence-electron chi connectivity index (χ2n) is 5.42. The summed E-state index contributed by atoms with van der Waals surface area (Å²) in [5.41, 5.74) is 1.48. The van der Waals surface area contributed by atoms with E-state index in [1.54, 1.807) is 12.1 Å². The molecule has 3 rings (SSSR count). The number of amides is 1. The molecule has 0 saturated carbocycles. The molecule has 0 aliphatic heterocycles. The fourth-order valence-corrected chi connectivity index (χ4v) is 2.27. The molecular formula is C18H14N2O6. The predicted octanol–water partition coefficient (Wildman–Crippen LogP) is 2.71. The fraction of sp³-hybridized carbons (Fsp3) is 0.111. The summed E-state index contributed by atoms with van der Waals surface area (Å²) in [4.78, 5) is 39.2. The van der Waals surface area contributed by atoms with Crippen molar-refractivity contribution in [1.82, 2.24) is 4.98 Å². The maximum absolute atomic E-state index is 12.3. The van der Waals surface area contributed by atoms with Crippen LogP contribution >= 0.6 is 0 Å². The second kappa shape index (κ2) is 7.06. The number of carbonyl (C=O) groups is 3. The molecule has 1 unspecified atom stereocenters. The van der Waals surface area contributed by atoms with E-state index < -0.39 is 23.9 Å². The van der Waals surface area contributed by atoms with Crippen LogP contribution in [-0.4, -0.2) is 34.0 Å². The second-order valence-corrected chi connectivity index (χ2v) is 5.42. The summed E-state index contributed by atoms with van der Waals surface area (Å²) in [6.07, 6.45) is 0.155. The highest BCUT2D eigenvalue weighted by Crippen LogP contribution is 2.18. The molecule has 8 nitrogen and oxygen atoms in total. The van der Waals surface area contributed by atoms with Crippen molar-refractivity contribution in [2.75, 3.05) is 5.32 Å². The number of aromatic carboxylic acids is 1. The summed E-state index contributed by atoms with van der Waals surface area (Å²) in [7, 11) is 0. The van der Waals surface area contributed by atoms with E-state index in [-0.39, 0.29) is 11.1 Å². The van der Waals surface area contributed by atoms with Gasteiger partial charge in [0.15, 0.2) is 18.1 Å². The molecule has 0 saturated heterocycles. The van der Waals surface area contributed by atoms with Crippen LogP contribution in [-0.2, 0) is 9.53 Å². The first-order valence-corrected chi connectivity index (χ1v) is 7.63. The van der Waals surface area contributed by atoms with Crippen LogP contribution in [0.1, 0.15) is 27.6 Å². The third-order valence-corrected chi connectivity index (χ3v) is 3.63. The number of esters is 1. The van der Waals surface area contributed by atoms with Crippen molar-refractivity contribution >= 4 is 34.6 Å². The summed E-state index contributed by atoms with van der Waals surface area (Å²) >= 11 is 0. The minimum absolute atomic E-state index is 0.100. The van der Waals surface area contributed by atoms with Crippen LogP contribution < -0.4 is 5.32 Å². The number of nitrogens with zero attached hydrogens (tertiary/aromatic N) is 1. The maximum atomic E-state index is 12.3. The fourth-order valence-electron chi connectivity index (χ4n) is 2.27. The van der Waals surface area contributed by atoms with Gasteiger partial charge in [-0.25, -0.2) is 14.6 Å². The van der Waals surface area contributed by atoms with E-state index >= 15 is 0 Å². The lowest BCUT2D eigenvalue weighted by atomic mass is 10.2. The molecule has 1 atom stereocenters. The molecule has 0 radical (unpaired) electrons. The average molecular weight is 354 g/mol. The molecule has 1 heterocycles. The van der Waals surface area contributed by atoms with Crippen molar-refractivity contribution in [1.29, 1.82) is 0 Å². The largest absolute Gasteiger partial charge is 0.478 e. The molecule has 1 aromatic heterocycles. The normalized spacial score (nSPS) is 11.7. The van der Waals surface area contributed by atoms with Crippen molar-refractivity contribution in [2.45, 2.75) is 13.0 Å². The molecular weight excluding hydrogens is 340 g/mol. The third kappa shape index (κ3) is 3.54. The average Bonchev–Trinajstić information content (AvgIpc) is 3.10. The molecule has 0 spiro atoms. The summed E-state index contributed by atoms with van der Waals surface area (Å²) in [6.45, 7) is 1.43. The highest BCUT2D eigenvalue weighted by molar-refractivity contribution is 6.03. The molecule has 2 N–H and O–H groups in total. The van der Waals surface area contributed by atoms with Gasteiger partial charge in [-0.05, 0) is 43.3 Å². The number of carboxylic acids is 1. The summed E-state index contributed by atoms with van der Waals surface area (Å²) < 4.78 is 10.3. The summed E-state index contributed by atoms with van der Waals surface area (Å²) in [6, 6.07) is 10.4. The zero-order valence-electron chi connectivity index (χ0n) is 13.6. The van der Waals surface area contributed by atoms with E-state index in [1.165, 1.54) is 43.6 Å². The Kier molecular flexibility index (Phi) is 4.66. The van der Waals surface area contributed by atoms with Crippen LogP contribution in [0.3, 0.4) is 0 Å². The quantitative estimate of drug-likeness (QED) is 0.676. The summed E-state index contributed by atoms with van der Waals surface area (Å²) in [5, 5.41) is 11.4. The molecule has 0 aliphatic rings. The van der Waals surface area contributed by atoms with Gasteiger partial charge in [-0.2, -0.15) is 0 Å². The van der Waals surface area contributed by atoms with E-state index in [1.807, 2.05) is 0 Å². The molecule has 0 aliphatic carbocycles. The van der Waals surface area contributed by atoms with Gasteiger partial charge >= 0.3 is 11.9 Å². The van der Waals surface area contributed by atoms with Crippen LogP contribution in [0.5, 0.6) is 0 Å². The van der Waals surface area contributed by atoms with Crippen molar-refractivity contribution in [3.63, 3.8) is 0 Å². The lowest BCUT2D eigenvalue weighted by Crippen LogP contribution is -2.30. The van der Waals surface area contributed by atoms with Gasteiger partial charge in [-0.3, -0.25) is 4.79 Å². The van der Waals surface area contributed by atoms with Gasteiger partial charge in [-0.15, -0.1) is 0 Å². The Labute approximate surface area is 147 Å². The molecule has 0 bridgehead atoms. The first-order chi connectivity index (χ1) is 12.5. The lowest BCUT2D eigenvalue weighted by Gasteiger charge is -2.13. The zero-order chi connectivity index (χ0) is 18.7. The minimum atomic E-state index is -1.07. The van der Waals surface area contributed by atoms with Crippen molar-refractivity contribution in [2.24, 2.45) is 0 Å². The van der Waals surface area contributed by atoms with Gasteiger partial charge in [0, 0.05) is 5.69 Å². The SMILES string of the molecule is CC(OC(=O)c1cccc2ocnc12)C(=O)Nc1ccc(C(=O)O)cc1. The molecule has 8 heteroatoms. The Morgan fingerprint density at radius 1 is 1.15 bits per heavy atom. The van der Waals surface area contributed by atoms with Gasteiger partial charge in [0.2, 0.25) is 0 Å². The number of carbonyl (C=O) groups excluding carboxylic acids is 2. The zero-order valence-corrected chi connectivity index (χ0v) is 13.6. The number of fused-ring (bicyclic) bond motifs is 1. The van der Waals surface area contributed by atoms with E-state index in [0.29, 0.717) is 16.8 Å². The number of hydrogen-bond donors (Lipinski definition) is 2. The number of ether oxygens (including phenoxy) is 1. The van der Waals surface area contributed by atoms with Gasteiger partial charge in [-0.1, -0.05) is 6.07 Å². The van der Waals surface area contributed by atoms with Crippen molar-refractivity contribution in [3.05, 3.63) is 60.0 Å². The molecule has 2 aromatic carbocycles. The summed E-state index contributed by atoms with van der Waals surface area (Å²) in [5.74, 6) is -2.31. The van der Waals surface area contributed by atoms with Crippen LogP contribution in [0.4, 0.5) is 5.69 Å². The smallest absolute Gasteiger partial charge is 0.341 e. The van der Waals surface area contributed by atoms with Crippen LogP contribution in [0.15, 0.2) is 53.3 Å². The number of anilines is 1. The number of para-hydroxylation sites is 1. The van der Waals surface area contributed by atoms with Gasteiger partial charge in [0.05, 0.1) is 11.1 Å². The predicted molar refractivity (Wildman–Crippen MR) is 90.9 cm³/mol. The number of aromatic nitrogens is 1. The Hall–Kier alpha value is -3.68. The molecule has 26 heavy (non-hydrogen) atoms. The van der Waals surface area contributed by atoms with Crippen LogP contribution in [0.25, 0.3) is 11.1 Å². The number of rotatable bonds is 5. The monoisotopic (exact) mass is 354 g/mol. The number of nitrogens with one attached hydrogen (secondary N) is 1. The van der Waals surface area contributed by atoms with Gasteiger partial charge in [0.25, 0.3) is 5.91 Å². The standard InChI is InChI=1S/C18H14N2O6/c1-10(16(21)20-12-7-5-11(6-8-12)17(22)23)26-18(24)13-3-2-4-14-15(13)19-9-25-14/h2-10H,1H3,(H,20,21)(H,22,23). The first kappa shape index (κ1) is 17.2. The van der Waals surface area contributed by atoms with Crippen molar-refractivity contribution < 1.29 is 28.6 Å². The molecule has 3 aromatic rings. The van der Waals surface area contributed by atoms with Crippen LogP contribution in [0.2, 0.25) is 0 Å². The number of oxazole rings is 1. The Morgan fingerprint density at radius 2 is 1.88 bits per heavy atom. The molecule has 132 valence electrons.